The van der Waals surface area contributed by atoms with E-state index in [1.54, 1.807) is 0 Å². The van der Waals surface area contributed by atoms with E-state index in [4.69, 9.17) is 21.3 Å². The van der Waals surface area contributed by atoms with Crippen molar-refractivity contribution in [3.63, 3.8) is 0 Å². The summed E-state index contributed by atoms with van der Waals surface area (Å²) in [5.74, 6) is -1.25. The number of rotatable bonds is 7. The summed E-state index contributed by atoms with van der Waals surface area (Å²) < 4.78 is 27.5. The summed E-state index contributed by atoms with van der Waals surface area (Å²) in [6, 6.07) is -1.53. The molecular formula is C13H19N6O9P. The summed E-state index contributed by atoms with van der Waals surface area (Å²) in [7, 11) is -4.91. The molecule has 3 heterocycles. The number of aliphatic hydroxyl groups is 3. The van der Waals surface area contributed by atoms with E-state index < -0.39 is 57.6 Å². The maximum absolute atomic E-state index is 11.8. The van der Waals surface area contributed by atoms with Gasteiger partial charge in [-0.3, -0.25) is 14.0 Å². The second kappa shape index (κ2) is 8.25. The van der Waals surface area contributed by atoms with Crippen LogP contribution in [0.1, 0.15) is 6.23 Å². The van der Waals surface area contributed by atoms with Crippen LogP contribution >= 0.6 is 7.82 Å². The monoisotopic (exact) mass is 434 g/mol. The van der Waals surface area contributed by atoms with E-state index in [9.17, 15) is 24.5 Å². The highest BCUT2D eigenvalue weighted by molar-refractivity contribution is 7.48. The number of nitrogen functional groups attached to an aromatic ring is 1. The molecule has 6 atom stereocenters. The lowest BCUT2D eigenvalue weighted by molar-refractivity contribution is -0.138. The Hall–Kier alpha value is -2.23. The number of imidazole rings is 1. The van der Waals surface area contributed by atoms with E-state index in [1.165, 1.54) is 17.2 Å². The lowest BCUT2D eigenvalue weighted by Gasteiger charge is -2.18. The third-order valence-electron chi connectivity index (χ3n) is 4.11. The number of hydrogen-bond acceptors (Lipinski definition) is 13. The highest BCUT2D eigenvalue weighted by atomic mass is 31.2. The van der Waals surface area contributed by atoms with Gasteiger partial charge in [-0.2, -0.15) is 0 Å². The quantitative estimate of drug-likeness (QED) is 0.238. The van der Waals surface area contributed by atoms with E-state index in [0.29, 0.717) is 0 Å². The zero-order valence-corrected chi connectivity index (χ0v) is 15.6. The van der Waals surface area contributed by atoms with E-state index in [-0.39, 0.29) is 17.0 Å². The Morgan fingerprint density at radius 3 is 2.76 bits per heavy atom. The van der Waals surface area contributed by atoms with Crippen LogP contribution in [0.4, 0.5) is 5.82 Å². The third kappa shape index (κ3) is 4.36. The standard InChI is InChI=1S/C13H19N6O9P/c14-5(1-20)13(23)28-29(24,25)26-2-6-8(21)9(22)12(27-6)19-4-18-7-10(15)16-3-17-11(7)19/h3-6,8-9,12,20-22H,1-2,14H2,(H,24,25)(H2,15,16,17)/t5-,6+,8?,9?,12+/m0/s1. The first kappa shape index (κ1) is 21.5. The minimum Gasteiger partial charge on any atom is -0.394 e. The summed E-state index contributed by atoms with van der Waals surface area (Å²) >= 11 is 0. The van der Waals surface area contributed by atoms with Gasteiger partial charge in [0.15, 0.2) is 17.7 Å². The molecule has 0 aromatic carbocycles. The summed E-state index contributed by atoms with van der Waals surface area (Å²) in [5.41, 5.74) is 11.4. The molecule has 1 aliphatic heterocycles. The molecule has 16 heteroatoms. The lowest BCUT2D eigenvalue weighted by atomic mass is 10.1. The number of carbonyl (C=O) groups excluding carboxylic acids is 1. The Bertz CT molecular complexity index is 941. The Kier molecular flexibility index (Phi) is 6.11. The van der Waals surface area contributed by atoms with E-state index in [2.05, 4.69) is 24.0 Å². The summed E-state index contributed by atoms with van der Waals surface area (Å²) in [6.45, 7) is -1.52. The van der Waals surface area contributed by atoms with Gasteiger partial charge >= 0.3 is 13.8 Å². The third-order valence-corrected chi connectivity index (χ3v) is 4.99. The number of phosphoric ester groups is 1. The molecule has 0 spiro atoms. The van der Waals surface area contributed by atoms with Gasteiger partial charge in [0, 0.05) is 0 Å². The average molecular weight is 434 g/mol. The molecule has 2 aromatic heterocycles. The van der Waals surface area contributed by atoms with Crippen LogP contribution in [0.15, 0.2) is 12.7 Å². The first-order valence-electron chi connectivity index (χ1n) is 8.16. The molecule has 3 rings (SSSR count). The van der Waals surface area contributed by atoms with Gasteiger partial charge in [0.2, 0.25) is 0 Å². The van der Waals surface area contributed by atoms with Crippen molar-refractivity contribution in [3.8, 4) is 0 Å². The van der Waals surface area contributed by atoms with Crippen LogP contribution in [0.2, 0.25) is 0 Å². The highest BCUT2D eigenvalue weighted by Gasteiger charge is 2.45. The molecular weight excluding hydrogens is 415 g/mol. The van der Waals surface area contributed by atoms with E-state index >= 15 is 0 Å². The van der Waals surface area contributed by atoms with Crippen LogP contribution in [-0.4, -0.2) is 83.3 Å². The smallest absolute Gasteiger partial charge is 0.394 e. The van der Waals surface area contributed by atoms with Crippen molar-refractivity contribution in [1.82, 2.24) is 19.5 Å². The van der Waals surface area contributed by atoms with E-state index in [1.807, 2.05) is 0 Å². The Balaban J connectivity index is 1.69. The number of nitrogens with two attached hydrogens (primary N) is 2. The molecule has 0 saturated carbocycles. The number of aromatic nitrogens is 4. The first-order valence-corrected chi connectivity index (χ1v) is 9.66. The van der Waals surface area contributed by atoms with Gasteiger partial charge in [-0.05, 0) is 0 Å². The van der Waals surface area contributed by atoms with Gasteiger partial charge in [0.05, 0.1) is 19.5 Å². The molecule has 1 saturated heterocycles. The number of ether oxygens (including phenoxy) is 1. The fourth-order valence-electron chi connectivity index (χ4n) is 2.60. The molecule has 0 amide bonds. The minimum absolute atomic E-state index is 0.103. The van der Waals surface area contributed by atoms with Crippen molar-refractivity contribution < 1.29 is 43.4 Å². The van der Waals surface area contributed by atoms with Gasteiger partial charge in [-0.1, -0.05) is 0 Å². The number of nitrogens with zero attached hydrogens (tertiary/aromatic N) is 4. The second-order valence-corrected chi connectivity index (χ2v) is 7.47. The van der Waals surface area contributed by atoms with Crippen LogP contribution < -0.4 is 11.5 Å². The Morgan fingerprint density at radius 2 is 2.07 bits per heavy atom. The molecule has 1 fully saturated rings. The predicted molar refractivity (Wildman–Crippen MR) is 92.6 cm³/mol. The van der Waals surface area contributed by atoms with Gasteiger partial charge in [0.1, 0.15) is 36.2 Å². The number of hydrogen-bond donors (Lipinski definition) is 6. The van der Waals surface area contributed by atoms with Crippen molar-refractivity contribution in [3.05, 3.63) is 12.7 Å². The van der Waals surface area contributed by atoms with Crippen molar-refractivity contribution >= 4 is 30.8 Å². The lowest BCUT2D eigenvalue weighted by Crippen LogP contribution is -2.36. The van der Waals surface area contributed by atoms with Crippen LogP contribution in [0.3, 0.4) is 0 Å². The fourth-order valence-corrected chi connectivity index (χ4v) is 3.35. The molecule has 0 bridgehead atoms. The van der Waals surface area contributed by atoms with Gasteiger partial charge in [-0.15, -0.1) is 0 Å². The van der Waals surface area contributed by atoms with Crippen LogP contribution in [0, 0.1) is 0 Å². The maximum atomic E-state index is 11.8. The molecule has 1 aliphatic rings. The normalized spacial score (nSPS) is 27.6. The van der Waals surface area contributed by atoms with Gasteiger partial charge in [-0.25, -0.2) is 24.3 Å². The van der Waals surface area contributed by atoms with Gasteiger partial charge in [0.25, 0.3) is 0 Å². The molecule has 29 heavy (non-hydrogen) atoms. The molecule has 2 aromatic rings. The average Bonchev–Trinajstić information content (AvgIpc) is 3.22. The fraction of sp³-hybridized carbons (Fsp3) is 0.538. The maximum Gasteiger partial charge on any atom is 0.529 e. The minimum atomic E-state index is -4.91. The molecule has 0 radical (unpaired) electrons. The Morgan fingerprint density at radius 1 is 1.34 bits per heavy atom. The number of aliphatic hydroxyl groups excluding tert-OH is 3. The number of carbonyl (C=O) groups is 1. The second-order valence-electron chi connectivity index (χ2n) is 6.09. The summed E-state index contributed by atoms with van der Waals surface area (Å²) in [6.07, 6.45) is -2.97. The zero-order chi connectivity index (χ0) is 21.3. The van der Waals surface area contributed by atoms with Crippen molar-refractivity contribution in [1.29, 1.82) is 0 Å². The Labute approximate surface area is 162 Å². The molecule has 0 aliphatic carbocycles. The number of fused-ring (bicyclic) bond motifs is 1. The molecule has 3 unspecified atom stereocenters. The topological polar surface area (TPSA) is 238 Å². The predicted octanol–water partition coefficient (Wildman–Crippen LogP) is -2.99. The molecule has 160 valence electrons. The number of anilines is 1. The molecule has 8 N–H and O–H groups in total. The highest BCUT2D eigenvalue weighted by Crippen LogP contribution is 2.44. The van der Waals surface area contributed by atoms with Crippen molar-refractivity contribution in [2.45, 2.75) is 30.6 Å². The summed E-state index contributed by atoms with van der Waals surface area (Å²) in [5, 5.41) is 29.2. The van der Waals surface area contributed by atoms with Gasteiger partial charge < -0.3 is 36.0 Å². The van der Waals surface area contributed by atoms with Crippen molar-refractivity contribution in [2.24, 2.45) is 5.73 Å². The van der Waals surface area contributed by atoms with Crippen molar-refractivity contribution in [2.75, 3.05) is 18.9 Å². The SMILES string of the molecule is Nc1ncnc2c1ncn2[C@@H]1O[C@H](COP(=O)(O)OC(=O)[C@@H](N)CO)C(O)C1O. The van der Waals surface area contributed by atoms with Crippen LogP contribution in [0.5, 0.6) is 0 Å². The molecule has 15 nitrogen and oxygen atoms in total. The largest absolute Gasteiger partial charge is 0.529 e. The number of phosphoric acid groups is 1. The van der Waals surface area contributed by atoms with Crippen LogP contribution in [-0.2, 0) is 23.1 Å². The van der Waals surface area contributed by atoms with E-state index in [0.717, 1.165) is 0 Å². The zero-order valence-electron chi connectivity index (χ0n) is 14.7. The summed E-state index contributed by atoms with van der Waals surface area (Å²) in [4.78, 5) is 32.8. The first-order chi connectivity index (χ1) is 13.6. The van der Waals surface area contributed by atoms with Crippen LogP contribution in [0.25, 0.3) is 11.2 Å².